The largest absolute Gasteiger partial charge is 2.00 e. The van der Waals surface area contributed by atoms with E-state index in [0.717, 1.165) is 5.69 Å². The quantitative estimate of drug-likeness (QED) is 0.254. The Bertz CT molecular complexity index is 155. The van der Waals surface area contributed by atoms with Crippen molar-refractivity contribution < 1.29 is 69.0 Å². The number of hydrogen-bond donors (Lipinski definition) is 1. The predicted molar refractivity (Wildman–Crippen MR) is 35.6 cm³/mol. The number of nitrogen functional groups attached to an aromatic ring is 1. The maximum atomic E-state index is 5.43. The van der Waals surface area contributed by atoms with Gasteiger partial charge in [-0.15, -0.1) is 0 Å². The van der Waals surface area contributed by atoms with Crippen molar-refractivity contribution >= 4 is 5.69 Å². The molecule has 4 heteroatoms. The molecule has 66 valence electrons. The zero-order valence-corrected chi connectivity index (χ0v) is 12.5. The van der Waals surface area contributed by atoms with Crippen molar-refractivity contribution in [3.63, 3.8) is 0 Å². The molecular weight excluding hydrogens is 547 g/mol. The third kappa shape index (κ3) is 7.53. The number of hydrogen-bond acceptors (Lipinski definition) is 1. The fourth-order valence-corrected chi connectivity index (χ4v) is 0.566. The molecule has 0 atom stereocenters. The predicted octanol–water partition coefficient (Wildman–Crippen LogP) is -4.42. The van der Waals surface area contributed by atoms with Crippen LogP contribution in [0.3, 0.4) is 0 Å². The van der Waals surface area contributed by atoms with Crippen molar-refractivity contribution in [3.05, 3.63) is 29.8 Å². The maximum absolute atomic E-state index is 5.43. The molecule has 0 fully saturated rings. The second kappa shape index (κ2) is 9.26. The molecule has 0 aromatic heterocycles. The summed E-state index contributed by atoms with van der Waals surface area (Å²) < 4.78 is 0. The molecule has 1 rings (SSSR count). The summed E-state index contributed by atoms with van der Waals surface area (Å²) in [5.74, 6) is 0. The van der Waals surface area contributed by atoms with Gasteiger partial charge in [-0.3, -0.25) is 0 Å². The van der Waals surface area contributed by atoms with Gasteiger partial charge in [0.25, 0.3) is 0 Å². The Kier molecular flexibility index (Phi) is 15.2. The van der Waals surface area contributed by atoms with Gasteiger partial charge in [0.1, 0.15) is 0 Å². The normalized spacial score (nSPS) is 6.64. The number of anilines is 1. The Morgan fingerprint density at radius 2 is 1.36 bits per heavy atom. The van der Waals surface area contributed by atoms with Gasteiger partial charge in [0.05, 0.1) is 0 Å². The zero-order chi connectivity index (χ0) is 5.98. The van der Waals surface area contributed by atoms with E-state index < -0.39 is 0 Å². The van der Waals surface area contributed by atoms with Gasteiger partial charge < -0.3 is 53.7 Å². The van der Waals surface area contributed by atoms with Gasteiger partial charge in [0.15, 0.2) is 0 Å². The third-order valence-electron chi connectivity index (χ3n) is 1.08. The van der Waals surface area contributed by atoms with Crippen LogP contribution in [0.2, 0.25) is 0 Å². The van der Waals surface area contributed by atoms with Gasteiger partial charge >= 0.3 is 21.1 Å². The first-order chi connectivity index (χ1) is 3.79. The summed E-state index contributed by atoms with van der Waals surface area (Å²) >= 11 is 0. The van der Waals surface area contributed by atoms with Crippen molar-refractivity contribution in [2.75, 3.05) is 5.73 Å². The van der Waals surface area contributed by atoms with Crippen LogP contribution >= 0.6 is 0 Å². The minimum Gasteiger partial charge on any atom is -1.00 e. The van der Waals surface area contributed by atoms with Crippen molar-refractivity contribution in [2.24, 2.45) is 0 Å². The second-order valence-electron chi connectivity index (χ2n) is 1.91. The molecule has 0 aliphatic carbocycles. The van der Waals surface area contributed by atoms with Crippen molar-refractivity contribution in [1.29, 1.82) is 0 Å². The first-order valence-corrected chi connectivity index (χ1v) is 2.61. The minimum absolute atomic E-state index is 0. The molecule has 0 amide bonds. The Labute approximate surface area is 116 Å². The number of halogens is 2. The van der Waals surface area contributed by atoms with Gasteiger partial charge in [-0.1, -0.05) is 17.7 Å². The van der Waals surface area contributed by atoms with Crippen LogP contribution < -0.4 is 53.7 Å². The first-order valence-electron chi connectivity index (χ1n) is 2.61. The summed E-state index contributed by atoms with van der Waals surface area (Å²) in [6, 6.07) is 7.79. The molecule has 0 aliphatic rings. The van der Waals surface area contributed by atoms with Crippen LogP contribution in [0.5, 0.6) is 0 Å². The number of benzene rings is 1. The third-order valence-corrected chi connectivity index (χ3v) is 1.08. The molecule has 1 aromatic carbocycles. The van der Waals surface area contributed by atoms with Crippen LogP contribution in [-0.2, 0) is 21.1 Å². The van der Waals surface area contributed by atoms with Crippen LogP contribution in [0.15, 0.2) is 24.3 Å². The van der Waals surface area contributed by atoms with E-state index in [1.165, 1.54) is 5.56 Å². The van der Waals surface area contributed by atoms with E-state index in [9.17, 15) is 0 Å². The van der Waals surface area contributed by atoms with Gasteiger partial charge in [-0.05, 0) is 19.1 Å². The van der Waals surface area contributed by atoms with E-state index in [-0.39, 0.29) is 69.0 Å². The fourth-order valence-electron chi connectivity index (χ4n) is 0.566. The monoisotopic (exact) mass is 556 g/mol. The van der Waals surface area contributed by atoms with Crippen molar-refractivity contribution in [1.82, 2.24) is 0 Å². The summed E-state index contributed by atoms with van der Waals surface area (Å²) in [4.78, 5) is 0. The summed E-state index contributed by atoms with van der Waals surface area (Å²) in [6.07, 6.45) is 0. The molecule has 0 saturated heterocycles. The van der Waals surface area contributed by atoms with Crippen LogP contribution in [-0.4, -0.2) is 0 Å². The van der Waals surface area contributed by atoms with E-state index in [1.54, 1.807) is 0 Å². The topological polar surface area (TPSA) is 26.0 Å². The summed E-state index contributed by atoms with van der Waals surface area (Å²) in [7, 11) is 0. The Hall–Kier alpha value is 1.17. The van der Waals surface area contributed by atoms with E-state index in [0.29, 0.717) is 0 Å². The molecular formula is C7H9I2NPt. The Balaban J connectivity index is -0.000000213. The van der Waals surface area contributed by atoms with Gasteiger partial charge in [0, 0.05) is 5.69 Å². The van der Waals surface area contributed by atoms with Gasteiger partial charge in [-0.2, -0.15) is 0 Å². The van der Waals surface area contributed by atoms with Gasteiger partial charge in [-0.25, -0.2) is 0 Å². The van der Waals surface area contributed by atoms with Crippen molar-refractivity contribution in [2.45, 2.75) is 6.92 Å². The molecule has 0 unspecified atom stereocenters. The molecule has 2 N–H and O–H groups in total. The minimum atomic E-state index is 0. The van der Waals surface area contributed by atoms with Crippen LogP contribution in [0.25, 0.3) is 0 Å². The van der Waals surface area contributed by atoms with Crippen LogP contribution in [0, 0.1) is 6.92 Å². The molecule has 11 heavy (non-hydrogen) atoms. The maximum Gasteiger partial charge on any atom is 2.00 e. The van der Waals surface area contributed by atoms with E-state index >= 15 is 0 Å². The molecule has 0 heterocycles. The number of rotatable bonds is 0. The van der Waals surface area contributed by atoms with E-state index in [1.807, 2.05) is 31.2 Å². The molecule has 0 spiro atoms. The molecule has 1 aromatic rings. The summed E-state index contributed by atoms with van der Waals surface area (Å²) in [5, 5.41) is 0. The van der Waals surface area contributed by atoms with Crippen LogP contribution in [0.4, 0.5) is 5.69 Å². The zero-order valence-electron chi connectivity index (χ0n) is 5.96. The smallest absolute Gasteiger partial charge is 1.00 e. The molecule has 0 saturated carbocycles. The number of nitrogens with two attached hydrogens (primary N) is 1. The average molecular weight is 556 g/mol. The van der Waals surface area contributed by atoms with E-state index in [2.05, 4.69) is 0 Å². The molecule has 0 radical (unpaired) electrons. The summed E-state index contributed by atoms with van der Waals surface area (Å²) in [5.41, 5.74) is 7.51. The first kappa shape index (κ1) is 18.1. The van der Waals surface area contributed by atoms with Crippen LogP contribution in [0.1, 0.15) is 5.56 Å². The standard InChI is InChI=1S/C7H9N.2HI.Pt/c1-6-2-4-7(8)5-3-6;;;/h2-5H,8H2,1H3;2*1H;/q;;;+2/p-2. The molecule has 1 nitrogen and oxygen atoms in total. The SMILES string of the molecule is Cc1ccc(N)cc1.[I-].[I-].[Pt+2]. The fraction of sp³-hybridized carbons (Fsp3) is 0.143. The van der Waals surface area contributed by atoms with Crippen molar-refractivity contribution in [3.8, 4) is 0 Å². The molecule has 0 aliphatic heterocycles. The van der Waals surface area contributed by atoms with E-state index in [4.69, 9.17) is 5.73 Å². The Morgan fingerprint density at radius 3 is 1.64 bits per heavy atom. The van der Waals surface area contributed by atoms with Gasteiger partial charge in [0.2, 0.25) is 0 Å². The number of aryl methyl sites for hydroxylation is 1. The summed E-state index contributed by atoms with van der Waals surface area (Å²) in [6.45, 7) is 2.04. The second-order valence-corrected chi connectivity index (χ2v) is 1.91. The molecule has 0 bridgehead atoms. The Morgan fingerprint density at radius 1 is 1.00 bits per heavy atom. The average Bonchev–Trinajstić information content (AvgIpc) is 1.77.